The van der Waals surface area contributed by atoms with E-state index < -0.39 is 11.8 Å². The SMILES string of the molecule is O=C(NCCO)C(Cc1ccccc1)C(=O)c1ccc2c(c1)OCO2. The number of benzene rings is 2. The van der Waals surface area contributed by atoms with Gasteiger partial charge >= 0.3 is 0 Å². The molecule has 0 aliphatic carbocycles. The van der Waals surface area contributed by atoms with Gasteiger partial charge in [0.05, 0.1) is 6.61 Å². The molecule has 2 aromatic rings. The molecule has 1 heterocycles. The predicted octanol–water partition coefficient (Wildman–Crippen LogP) is 1.57. The molecule has 1 atom stereocenters. The van der Waals surface area contributed by atoms with Crippen LogP contribution in [-0.2, 0) is 11.2 Å². The number of amides is 1. The van der Waals surface area contributed by atoms with Crippen molar-refractivity contribution >= 4 is 11.7 Å². The minimum atomic E-state index is -0.880. The molecule has 2 N–H and O–H groups in total. The summed E-state index contributed by atoms with van der Waals surface area (Å²) < 4.78 is 10.6. The second kappa shape index (κ2) is 7.81. The Morgan fingerprint density at radius 2 is 1.84 bits per heavy atom. The van der Waals surface area contributed by atoms with Gasteiger partial charge in [-0.3, -0.25) is 9.59 Å². The van der Waals surface area contributed by atoms with Crippen molar-refractivity contribution in [2.24, 2.45) is 5.92 Å². The van der Waals surface area contributed by atoms with Gasteiger partial charge in [0.1, 0.15) is 5.92 Å². The molecule has 1 aliphatic heterocycles. The van der Waals surface area contributed by atoms with E-state index in [0.29, 0.717) is 17.1 Å². The van der Waals surface area contributed by atoms with Crippen molar-refractivity contribution < 1.29 is 24.2 Å². The predicted molar refractivity (Wildman–Crippen MR) is 90.6 cm³/mol. The van der Waals surface area contributed by atoms with Crippen molar-refractivity contribution in [3.8, 4) is 11.5 Å². The third-order valence-corrected chi connectivity index (χ3v) is 3.98. The van der Waals surface area contributed by atoms with Crippen LogP contribution in [0.1, 0.15) is 15.9 Å². The van der Waals surface area contributed by atoms with E-state index in [4.69, 9.17) is 14.6 Å². The van der Waals surface area contributed by atoms with Crippen molar-refractivity contribution in [2.75, 3.05) is 19.9 Å². The molecule has 25 heavy (non-hydrogen) atoms. The highest BCUT2D eigenvalue weighted by Crippen LogP contribution is 2.33. The van der Waals surface area contributed by atoms with Crippen LogP contribution >= 0.6 is 0 Å². The number of nitrogens with one attached hydrogen (secondary N) is 1. The molecule has 1 unspecified atom stereocenters. The number of hydrogen-bond donors (Lipinski definition) is 2. The summed E-state index contributed by atoms with van der Waals surface area (Å²) in [5.74, 6) is -0.492. The highest BCUT2D eigenvalue weighted by atomic mass is 16.7. The zero-order valence-electron chi connectivity index (χ0n) is 13.6. The Bertz CT molecular complexity index is 760. The van der Waals surface area contributed by atoms with Crippen LogP contribution in [0, 0.1) is 5.92 Å². The average molecular weight is 341 g/mol. The normalized spacial score (nSPS) is 13.3. The molecule has 6 heteroatoms. The lowest BCUT2D eigenvalue weighted by atomic mass is 9.90. The third-order valence-electron chi connectivity index (χ3n) is 3.98. The first kappa shape index (κ1) is 17.0. The molecule has 0 spiro atoms. The molecular formula is C19H19NO5. The molecule has 6 nitrogen and oxygen atoms in total. The van der Waals surface area contributed by atoms with E-state index in [9.17, 15) is 9.59 Å². The first-order valence-electron chi connectivity index (χ1n) is 8.05. The van der Waals surface area contributed by atoms with Crippen molar-refractivity contribution in [1.29, 1.82) is 0 Å². The fourth-order valence-electron chi connectivity index (χ4n) is 2.71. The first-order valence-corrected chi connectivity index (χ1v) is 8.05. The number of rotatable bonds is 7. The van der Waals surface area contributed by atoms with E-state index in [-0.39, 0.29) is 32.1 Å². The van der Waals surface area contributed by atoms with Gasteiger partial charge in [-0.15, -0.1) is 0 Å². The molecule has 0 saturated carbocycles. The Kier molecular flexibility index (Phi) is 5.30. The number of aliphatic hydroxyl groups is 1. The second-order valence-corrected chi connectivity index (χ2v) is 5.69. The topological polar surface area (TPSA) is 84.9 Å². The summed E-state index contributed by atoms with van der Waals surface area (Å²) in [5.41, 5.74) is 1.28. The van der Waals surface area contributed by atoms with Crippen molar-refractivity contribution in [3.63, 3.8) is 0 Å². The van der Waals surface area contributed by atoms with Crippen LogP contribution in [0.25, 0.3) is 0 Å². The molecule has 0 bridgehead atoms. The standard InChI is InChI=1S/C19H19NO5/c21-9-8-20-19(23)15(10-13-4-2-1-3-5-13)18(22)14-6-7-16-17(11-14)25-12-24-16/h1-7,11,15,21H,8-10,12H2,(H,20,23). The lowest BCUT2D eigenvalue weighted by Crippen LogP contribution is -2.38. The van der Waals surface area contributed by atoms with E-state index >= 15 is 0 Å². The monoisotopic (exact) mass is 341 g/mol. The lowest BCUT2D eigenvalue weighted by molar-refractivity contribution is -0.123. The minimum Gasteiger partial charge on any atom is -0.454 e. The molecule has 0 saturated heterocycles. The maximum atomic E-state index is 12.9. The maximum absolute atomic E-state index is 12.9. The molecule has 1 amide bonds. The largest absolute Gasteiger partial charge is 0.454 e. The van der Waals surface area contributed by atoms with Gasteiger partial charge in [0.2, 0.25) is 12.7 Å². The zero-order valence-corrected chi connectivity index (χ0v) is 13.6. The number of fused-ring (bicyclic) bond motifs is 1. The van der Waals surface area contributed by atoms with E-state index in [0.717, 1.165) is 5.56 Å². The van der Waals surface area contributed by atoms with Gasteiger partial charge in [0, 0.05) is 12.1 Å². The molecular weight excluding hydrogens is 322 g/mol. The average Bonchev–Trinajstić information content (AvgIpc) is 3.12. The smallest absolute Gasteiger partial charge is 0.231 e. The highest BCUT2D eigenvalue weighted by Gasteiger charge is 2.29. The van der Waals surface area contributed by atoms with Crippen molar-refractivity contribution in [1.82, 2.24) is 5.32 Å². The summed E-state index contributed by atoms with van der Waals surface area (Å²) in [6, 6.07) is 14.3. The molecule has 0 aromatic heterocycles. The van der Waals surface area contributed by atoms with Gasteiger partial charge in [-0.05, 0) is 30.2 Å². The van der Waals surface area contributed by atoms with Crippen molar-refractivity contribution in [2.45, 2.75) is 6.42 Å². The molecule has 3 rings (SSSR count). The Labute approximate surface area is 145 Å². The van der Waals surface area contributed by atoms with E-state index in [1.165, 1.54) is 0 Å². The summed E-state index contributed by atoms with van der Waals surface area (Å²) in [7, 11) is 0. The van der Waals surface area contributed by atoms with Gasteiger partial charge in [-0.25, -0.2) is 0 Å². The zero-order chi connectivity index (χ0) is 17.6. The lowest BCUT2D eigenvalue weighted by Gasteiger charge is -2.16. The number of carbonyl (C=O) groups is 2. The minimum absolute atomic E-state index is 0.110. The number of aliphatic hydroxyl groups excluding tert-OH is 1. The first-order chi connectivity index (χ1) is 12.2. The second-order valence-electron chi connectivity index (χ2n) is 5.69. The highest BCUT2D eigenvalue weighted by molar-refractivity contribution is 6.10. The fraction of sp³-hybridized carbons (Fsp3) is 0.263. The molecule has 130 valence electrons. The van der Waals surface area contributed by atoms with Gasteiger partial charge in [0.15, 0.2) is 17.3 Å². The fourth-order valence-corrected chi connectivity index (χ4v) is 2.71. The number of ketones is 1. The number of Topliss-reactive ketones (excluding diaryl/α,β-unsaturated/α-hetero) is 1. The number of carbonyl (C=O) groups excluding carboxylic acids is 2. The molecule has 1 aliphatic rings. The Morgan fingerprint density at radius 3 is 2.60 bits per heavy atom. The Balaban J connectivity index is 1.84. The van der Waals surface area contributed by atoms with E-state index in [1.807, 2.05) is 30.3 Å². The van der Waals surface area contributed by atoms with Gasteiger partial charge in [0.25, 0.3) is 0 Å². The maximum Gasteiger partial charge on any atom is 0.231 e. The van der Waals surface area contributed by atoms with Crippen LogP contribution in [0.3, 0.4) is 0 Å². The van der Waals surface area contributed by atoms with Gasteiger partial charge < -0.3 is 19.9 Å². The summed E-state index contributed by atoms with van der Waals surface area (Å²) >= 11 is 0. The Hall–Kier alpha value is -2.86. The summed E-state index contributed by atoms with van der Waals surface area (Å²) in [4.78, 5) is 25.4. The van der Waals surface area contributed by atoms with Crippen LogP contribution in [0.2, 0.25) is 0 Å². The number of ether oxygens (including phenoxy) is 2. The number of hydrogen-bond acceptors (Lipinski definition) is 5. The van der Waals surface area contributed by atoms with Gasteiger partial charge in [-0.1, -0.05) is 30.3 Å². The van der Waals surface area contributed by atoms with Crippen LogP contribution in [0.15, 0.2) is 48.5 Å². The summed E-state index contributed by atoms with van der Waals surface area (Å²) in [6.07, 6.45) is 0.283. The van der Waals surface area contributed by atoms with E-state index in [1.54, 1.807) is 18.2 Å². The third kappa shape index (κ3) is 3.97. The summed E-state index contributed by atoms with van der Waals surface area (Å²) in [5, 5.41) is 11.5. The quantitative estimate of drug-likeness (QED) is 0.590. The van der Waals surface area contributed by atoms with Crippen LogP contribution in [-0.4, -0.2) is 36.7 Å². The van der Waals surface area contributed by atoms with Crippen LogP contribution in [0.4, 0.5) is 0 Å². The van der Waals surface area contributed by atoms with Gasteiger partial charge in [-0.2, -0.15) is 0 Å². The van der Waals surface area contributed by atoms with Crippen LogP contribution < -0.4 is 14.8 Å². The molecule has 2 aromatic carbocycles. The molecule has 0 radical (unpaired) electrons. The van der Waals surface area contributed by atoms with Crippen LogP contribution in [0.5, 0.6) is 11.5 Å². The summed E-state index contributed by atoms with van der Waals surface area (Å²) in [6.45, 7) is 0.0535. The Morgan fingerprint density at radius 1 is 1.08 bits per heavy atom. The molecule has 0 fully saturated rings. The van der Waals surface area contributed by atoms with Crippen molar-refractivity contribution in [3.05, 3.63) is 59.7 Å². The van der Waals surface area contributed by atoms with E-state index in [2.05, 4.69) is 5.32 Å².